The van der Waals surface area contributed by atoms with Crippen LogP contribution in [0.25, 0.3) is 27.7 Å². The Labute approximate surface area is 199 Å². The lowest BCUT2D eigenvalue weighted by Crippen LogP contribution is -2.36. The maximum Gasteiger partial charge on any atom is 0.206 e. The topological polar surface area (TPSA) is 81.6 Å². The van der Waals surface area contributed by atoms with E-state index < -0.39 is 5.82 Å². The standard InChI is InChI=1S/C26H22F2N6O/c27-18-4-5-20(16-6-7-30-23(14-16)33-8-10-35-11-9-33)17(12-18)13-19-15-34-25(31-19)21-2-1-3-22(28)24(21)32-26(34)29/h1-7,12,14-15H,8-11,13H2,(H2,29,32). The van der Waals surface area contributed by atoms with Crippen molar-refractivity contribution in [1.82, 2.24) is 19.4 Å². The lowest BCUT2D eigenvalue weighted by atomic mass is 9.97. The summed E-state index contributed by atoms with van der Waals surface area (Å²) in [6.45, 7) is 2.88. The van der Waals surface area contributed by atoms with Gasteiger partial charge in [-0.15, -0.1) is 0 Å². The smallest absolute Gasteiger partial charge is 0.206 e. The van der Waals surface area contributed by atoms with Crippen LogP contribution in [-0.2, 0) is 11.2 Å². The number of hydrogen-bond acceptors (Lipinski definition) is 6. The maximum atomic E-state index is 14.3. The fourth-order valence-corrected chi connectivity index (χ4v) is 4.59. The van der Waals surface area contributed by atoms with E-state index in [2.05, 4.69) is 14.9 Å². The van der Waals surface area contributed by atoms with Crippen molar-refractivity contribution in [3.8, 4) is 11.1 Å². The molecule has 9 heteroatoms. The molecule has 1 saturated heterocycles. The minimum absolute atomic E-state index is 0.139. The molecule has 0 unspecified atom stereocenters. The number of pyridine rings is 1. The van der Waals surface area contributed by atoms with Crippen LogP contribution in [0.4, 0.5) is 20.5 Å². The van der Waals surface area contributed by atoms with Gasteiger partial charge >= 0.3 is 0 Å². The molecular formula is C26H22F2N6O. The fraction of sp³-hybridized carbons (Fsp3) is 0.192. The first-order chi connectivity index (χ1) is 17.1. The predicted molar refractivity (Wildman–Crippen MR) is 130 cm³/mol. The highest BCUT2D eigenvalue weighted by atomic mass is 19.1. The van der Waals surface area contributed by atoms with Crippen molar-refractivity contribution in [2.24, 2.45) is 0 Å². The first kappa shape index (κ1) is 21.4. The van der Waals surface area contributed by atoms with Gasteiger partial charge in [0.25, 0.3) is 0 Å². The van der Waals surface area contributed by atoms with E-state index in [1.165, 1.54) is 18.2 Å². The summed E-state index contributed by atoms with van der Waals surface area (Å²) >= 11 is 0. The van der Waals surface area contributed by atoms with Crippen LogP contribution >= 0.6 is 0 Å². The Bertz CT molecular complexity index is 1560. The van der Waals surface area contributed by atoms with Crippen LogP contribution in [0.2, 0.25) is 0 Å². The van der Waals surface area contributed by atoms with Gasteiger partial charge in [0.2, 0.25) is 5.95 Å². The molecule has 6 rings (SSSR count). The normalized spacial score (nSPS) is 14.2. The Balaban J connectivity index is 1.41. The third-order valence-electron chi connectivity index (χ3n) is 6.29. The minimum atomic E-state index is -0.456. The summed E-state index contributed by atoms with van der Waals surface area (Å²) in [6, 6.07) is 13.4. The molecule has 1 fully saturated rings. The van der Waals surface area contributed by atoms with Crippen LogP contribution in [0, 0.1) is 11.6 Å². The van der Waals surface area contributed by atoms with Crippen LogP contribution < -0.4 is 10.6 Å². The summed E-state index contributed by atoms with van der Waals surface area (Å²) in [5.74, 6) is 0.215. The van der Waals surface area contributed by atoms with Gasteiger partial charge in [-0.1, -0.05) is 12.1 Å². The monoisotopic (exact) mass is 472 g/mol. The van der Waals surface area contributed by atoms with Crippen molar-refractivity contribution in [3.05, 3.63) is 83.8 Å². The molecule has 0 amide bonds. The highest BCUT2D eigenvalue weighted by Crippen LogP contribution is 2.30. The van der Waals surface area contributed by atoms with E-state index >= 15 is 0 Å². The number of aromatic nitrogens is 4. The Morgan fingerprint density at radius 3 is 2.71 bits per heavy atom. The molecule has 4 heterocycles. The number of nitrogens with zero attached hydrogens (tertiary/aromatic N) is 5. The number of nitrogen functional groups attached to an aromatic ring is 1. The van der Waals surface area contributed by atoms with Crippen LogP contribution in [-0.4, -0.2) is 45.7 Å². The molecule has 1 aliphatic rings. The van der Waals surface area contributed by atoms with E-state index in [0.29, 0.717) is 36.4 Å². The summed E-state index contributed by atoms with van der Waals surface area (Å²) in [5.41, 5.74) is 10.1. The Hall–Kier alpha value is -4.11. The lowest BCUT2D eigenvalue weighted by Gasteiger charge is -2.28. The molecule has 0 atom stereocenters. The zero-order chi connectivity index (χ0) is 23.9. The molecule has 7 nitrogen and oxygen atoms in total. The number of anilines is 2. The Morgan fingerprint density at radius 2 is 1.86 bits per heavy atom. The zero-order valence-electron chi connectivity index (χ0n) is 18.8. The van der Waals surface area contributed by atoms with Gasteiger partial charge < -0.3 is 15.4 Å². The molecule has 2 aromatic carbocycles. The largest absolute Gasteiger partial charge is 0.378 e. The summed E-state index contributed by atoms with van der Waals surface area (Å²) in [4.78, 5) is 15.6. The highest BCUT2D eigenvalue weighted by molar-refractivity contribution is 5.92. The van der Waals surface area contributed by atoms with Gasteiger partial charge in [-0.2, -0.15) is 0 Å². The summed E-state index contributed by atoms with van der Waals surface area (Å²) in [6.07, 6.45) is 3.90. The van der Waals surface area contributed by atoms with Gasteiger partial charge in [-0.3, -0.25) is 4.40 Å². The molecule has 0 saturated carbocycles. The molecule has 0 spiro atoms. The number of imidazole rings is 1. The average Bonchev–Trinajstić information content (AvgIpc) is 3.30. The van der Waals surface area contributed by atoms with Crippen molar-refractivity contribution < 1.29 is 13.5 Å². The number of benzene rings is 2. The van der Waals surface area contributed by atoms with Crippen LogP contribution in [0.5, 0.6) is 0 Å². The van der Waals surface area contributed by atoms with E-state index in [-0.39, 0.29) is 17.3 Å². The number of nitrogens with two attached hydrogens (primary N) is 1. The molecule has 176 valence electrons. The van der Waals surface area contributed by atoms with Crippen molar-refractivity contribution in [1.29, 1.82) is 0 Å². The number of hydrogen-bond donors (Lipinski definition) is 1. The second-order valence-corrected chi connectivity index (χ2v) is 8.51. The SMILES string of the molecule is Nc1nc2c(F)cccc2c2nc(Cc3cc(F)ccc3-c3ccnc(N4CCOCC4)c3)cn12. The van der Waals surface area contributed by atoms with Crippen molar-refractivity contribution >= 4 is 28.3 Å². The lowest BCUT2D eigenvalue weighted by molar-refractivity contribution is 0.122. The van der Waals surface area contributed by atoms with Crippen LogP contribution in [0.3, 0.4) is 0 Å². The minimum Gasteiger partial charge on any atom is -0.378 e. The molecule has 0 bridgehead atoms. The van der Waals surface area contributed by atoms with E-state index in [1.54, 1.807) is 35.0 Å². The van der Waals surface area contributed by atoms with Crippen molar-refractivity contribution in [3.63, 3.8) is 0 Å². The Kier molecular flexibility index (Phi) is 5.26. The quantitative estimate of drug-likeness (QED) is 0.422. The van der Waals surface area contributed by atoms with E-state index in [0.717, 1.165) is 35.6 Å². The molecule has 35 heavy (non-hydrogen) atoms. The number of para-hydroxylation sites is 1. The maximum absolute atomic E-state index is 14.3. The zero-order valence-corrected chi connectivity index (χ0v) is 18.8. The fourth-order valence-electron chi connectivity index (χ4n) is 4.59. The van der Waals surface area contributed by atoms with Crippen molar-refractivity contribution in [2.45, 2.75) is 6.42 Å². The first-order valence-electron chi connectivity index (χ1n) is 11.4. The third kappa shape index (κ3) is 3.93. The van der Waals surface area contributed by atoms with Gasteiger partial charge in [0, 0.05) is 37.3 Å². The molecule has 0 radical (unpaired) electrons. The highest BCUT2D eigenvalue weighted by Gasteiger charge is 2.17. The first-order valence-corrected chi connectivity index (χ1v) is 11.4. The molecule has 3 aromatic heterocycles. The van der Waals surface area contributed by atoms with E-state index in [9.17, 15) is 8.78 Å². The van der Waals surface area contributed by atoms with Crippen molar-refractivity contribution in [2.75, 3.05) is 36.9 Å². The average molecular weight is 472 g/mol. The molecule has 2 N–H and O–H groups in total. The predicted octanol–water partition coefficient (Wildman–Crippen LogP) is 4.23. The molecular weight excluding hydrogens is 450 g/mol. The van der Waals surface area contributed by atoms with E-state index in [4.69, 9.17) is 15.5 Å². The number of morpholine rings is 1. The second kappa shape index (κ2) is 8.59. The van der Waals surface area contributed by atoms with Gasteiger partial charge in [0.15, 0.2) is 0 Å². The number of fused-ring (bicyclic) bond motifs is 3. The summed E-state index contributed by atoms with van der Waals surface area (Å²) < 4.78 is 35.7. The summed E-state index contributed by atoms with van der Waals surface area (Å²) in [7, 11) is 0. The third-order valence-corrected chi connectivity index (χ3v) is 6.29. The number of ether oxygens (including phenoxy) is 1. The van der Waals surface area contributed by atoms with Gasteiger partial charge in [-0.05, 0) is 53.1 Å². The van der Waals surface area contributed by atoms with Gasteiger partial charge in [0.05, 0.1) is 18.9 Å². The second-order valence-electron chi connectivity index (χ2n) is 8.51. The molecule has 5 aromatic rings. The van der Waals surface area contributed by atoms with Gasteiger partial charge in [0.1, 0.15) is 28.6 Å². The molecule has 1 aliphatic heterocycles. The van der Waals surface area contributed by atoms with Gasteiger partial charge in [-0.25, -0.2) is 23.7 Å². The summed E-state index contributed by atoms with van der Waals surface area (Å²) in [5, 5.41) is 0.564. The Morgan fingerprint density at radius 1 is 1.00 bits per heavy atom. The molecule has 0 aliphatic carbocycles. The van der Waals surface area contributed by atoms with Crippen LogP contribution in [0.1, 0.15) is 11.3 Å². The number of rotatable bonds is 4. The van der Waals surface area contributed by atoms with Crippen LogP contribution in [0.15, 0.2) is 60.9 Å². The van der Waals surface area contributed by atoms with E-state index in [1.807, 2.05) is 12.1 Å². The number of halogens is 2.